The van der Waals surface area contributed by atoms with Crippen LogP contribution < -0.4 is 4.74 Å². The number of hydrogen-bond donors (Lipinski definition) is 0. The van der Waals surface area contributed by atoms with Crippen LogP contribution in [0.2, 0.25) is 5.02 Å². The number of benzene rings is 2. The van der Waals surface area contributed by atoms with E-state index in [0.29, 0.717) is 26.2 Å². The highest BCUT2D eigenvalue weighted by atomic mass is 35.5. The molecule has 0 unspecified atom stereocenters. The molecule has 2 aromatic rings. The van der Waals surface area contributed by atoms with Crippen molar-refractivity contribution in [2.24, 2.45) is 0 Å². The predicted octanol–water partition coefficient (Wildman–Crippen LogP) is 3.50. The number of ether oxygens (including phenoxy) is 1. The fraction of sp³-hybridized carbons (Fsp3) is 0.350. The van der Waals surface area contributed by atoms with Crippen molar-refractivity contribution in [3.8, 4) is 5.75 Å². The molecule has 29 heavy (non-hydrogen) atoms. The van der Waals surface area contributed by atoms with Gasteiger partial charge in [-0.25, -0.2) is 4.39 Å². The highest BCUT2D eigenvalue weighted by molar-refractivity contribution is 6.32. The quantitative estimate of drug-likeness (QED) is 0.527. The summed E-state index contributed by atoms with van der Waals surface area (Å²) in [5.41, 5.74) is 0.755. The molecule has 0 aliphatic carbocycles. The van der Waals surface area contributed by atoms with Crippen LogP contribution in [0, 0.1) is 15.9 Å². The Hall–Kier alpha value is -2.71. The Balaban J connectivity index is 1.52. The van der Waals surface area contributed by atoms with Crippen molar-refractivity contribution in [3.63, 3.8) is 0 Å². The molecule has 1 aliphatic rings. The second kappa shape index (κ2) is 9.19. The van der Waals surface area contributed by atoms with E-state index in [-0.39, 0.29) is 40.8 Å². The molecule has 0 spiro atoms. The summed E-state index contributed by atoms with van der Waals surface area (Å²) in [5.74, 6) is -0.225. The summed E-state index contributed by atoms with van der Waals surface area (Å²) in [7, 11) is 0. The van der Waals surface area contributed by atoms with E-state index in [2.05, 4.69) is 4.90 Å². The number of carbonyl (C=O) groups is 1. The molecule has 0 saturated carbocycles. The van der Waals surface area contributed by atoms with Crippen LogP contribution in [0.15, 0.2) is 42.5 Å². The summed E-state index contributed by atoms with van der Waals surface area (Å²) in [6.45, 7) is 4.38. The third kappa shape index (κ3) is 5.42. The number of rotatable bonds is 6. The van der Waals surface area contributed by atoms with E-state index >= 15 is 0 Å². The molecule has 2 aromatic carbocycles. The normalized spacial score (nSPS) is 17.2. The van der Waals surface area contributed by atoms with Crippen LogP contribution in [0.5, 0.6) is 5.75 Å². The van der Waals surface area contributed by atoms with Crippen molar-refractivity contribution < 1.29 is 18.8 Å². The van der Waals surface area contributed by atoms with Gasteiger partial charge in [0.1, 0.15) is 16.6 Å². The zero-order valence-electron chi connectivity index (χ0n) is 15.9. The SMILES string of the molecule is C[C@H]1CN(Cc2ccc(F)cc2)CCN1C(=O)COc1ccc(Cl)c([N+](=O)[O-])c1. The van der Waals surface area contributed by atoms with Gasteiger partial charge in [-0.3, -0.25) is 19.8 Å². The van der Waals surface area contributed by atoms with Gasteiger partial charge in [-0.2, -0.15) is 0 Å². The lowest BCUT2D eigenvalue weighted by atomic mass is 10.1. The molecular formula is C20H21ClFN3O4. The molecule has 1 heterocycles. The van der Waals surface area contributed by atoms with E-state index < -0.39 is 4.92 Å². The minimum absolute atomic E-state index is 0.0135. The average molecular weight is 422 g/mol. The van der Waals surface area contributed by atoms with Crippen LogP contribution in [0.4, 0.5) is 10.1 Å². The Kier molecular flexibility index (Phi) is 6.66. The van der Waals surface area contributed by atoms with Crippen LogP contribution in [-0.4, -0.2) is 52.9 Å². The second-order valence-electron chi connectivity index (χ2n) is 6.96. The highest BCUT2D eigenvalue weighted by Gasteiger charge is 2.27. The lowest BCUT2D eigenvalue weighted by Crippen LogP contribution is -2.54. The van der Waals surface area contributed by atoms with Crippen LogP contribution in [0.3, 0.4) is 0 Å². The first-order valence-corrected chi connectivity index (χ1v) is 9.54. The average Bonchev–Trinajstić information content (AvgIpc) is 2.69. The lowest BCUT2D eigenvalue weighted by molar-refractivity contribution is -0.384. The minimum Gasteiger partial charge on any atom is -0.484 e. The topological polar surface area (TPSA) is 75.9 Å². The van der Waals surface area contributed by atoms with Crippen molar-refractivity contribution in [1.82, 2.24) is 9.80 Å². The fourth-order valence-corrected chi connectivity index (χ4v) is 3.53. The van der Waals surface area contributed by atoms with Crippen molar-refractivity contribution in [3.05, 3.63) is 69.0 Å². The predicted molar refractivity (Wildman–Crippen MR) is 106 cm³/mol. The summed E-state index contributed by atoms with van der Waals surface area (Å²) < 4.78 is 18.5. The summed E-state index contributed by atoms with van der Waals surface area (Å²) >= 11 is 5.78. The van der Waals surface area contributed by atoms with Gasteiger partial charge in [-0.15, -0.1) is 0 Å². The van der Waals surface area contributed by atoms with Gasteiger partial charge >= 0.3 is 0 Å². The van der Waals surface area contributed by atoms with Crippen molar-refractivity contribution in [1.29, 1.82) is 0 Å². The first-order chi connectivity index (χ1) is 13.8. The molecule has 9 heteroatoms. The molecule has 154 valence electrons. The maximum atomic E-state index is 13.0. The first-order valence-electron chi connectivity index (χ1n) is 9.16. The second-order valence-corrected chi connectivity index (χ2v) is 7.36. The number of nitrogens with zero attached hydrogens (tertiary/aromatic N) is 3. The molecule has 1 fully saturated rings. The molecule has 1 atom stereocenters. The Morgan fingerprint density at radius 1 is 1.28 bits per heavy atom. The molecule has 1 saturated heterocycles. The smallest absolute Gasteiger partial charge is 0.291 e. The molecule has 3 rings (SSSR count). The zero-order valence-corrected chi connectivity index (χ0v) is 16.6. The number of amides is 1. The lowest BCUT2D eigenvalue weighted by Gasteiger charge is -2.39. The van der Waals surface area contributed by atoms with E-state index in [4.69, 9.17) is 16.3 Å². The zero-order chi connectivity index (χ0) is 21.0. The van der Waals surface area contributed by atoms with Gasteiger partial charge in [-0.1, -0.05) is 23.7 Å². The highest BCUT2D eigenvalue weighted by Crippen LogP contribution is 2.28. The monoisotopic (exact) mass is 421 g/mol. The third-order valence-corrected chi connectivity index (χ3v) is 5.15. The molecule has 0 radical (unpaired) electrons. The fourth-order valence-electron chi connectivity index (χ4n) is 3.35. The summed E-state index contributed by atoms with van der Waals surface area (Å²) in [5, 5.41) is 11.0. The van der Waals surface area contributed by atoms with E-state index in [0.717, 1.165) is 5.56 Å². The summed E-state index contributed by atoms with van der Waals surface area (Å²) in [6.07, 6.45) is 0. The Bertz CT molecular complexity index is 894. The van der Waals surface area contributed by atoms with Crippen LogP contribution in [0.25, 0.3) is 0 Å². The van der Waals surface area contributed by atoms with E-state index in [1.165, 1.54) is 30.3 Å². The van der Waals surface area contributed by atoms with Gasteiger partial charge in [0.15, 0.2) is 6.61 Å². The number of hydrogen-bond acceptors (Lipinski definition) is 5. The van der Waals surface area contributed by atoms with Gasteiger partial charge in [0.2, 0.25) is 0 Å². The first kappa shape index (κ1) is 21.0. The minimum atomic E-state index is -0.598. The van der Waals surface area contributed by atoms with Gasteiger partial charge in [-0.05, 0) is 36.8 Å². The van der Waals surface area contributed by atoms with Crippen molar-refractivity contribution >= 4 is 23.2 Å². The maximum absolute atomic E-state index is 13.0. The molecule has 1 amide bonds. The van der Waals surface area contributed by atoms with E-state index in [1.807, 2.05) is 6.92 Å². The maximum Gasteiger partial charge on any atom is 0.291 e. The van der Waals surface area contributed by atoms with E-state index in [1.54, 1.807) is 17.0 Å². The van der Waals surface area contributed by atoms with Crippen molar-refractivity contribution in [2.45, 2.75) is 19.5 Å². The largest absolute Gasteiger partial charge is 0.484 e. The van der Waals surface area contributed by atoms with E-state index in [9.17, 15) is 19.3 Å². The molecule has 0 bridgehead atoms. The van der Waals surface area contributed by atoms with Gasteiger partial charge < -0.3 is 9.64 Å². The van der Waals surface area contributed by atoms with Gasteiger partial charge in [0, 0.05) is 32.2 Å². The molecule has 7 nitrogen and oxygen atoms in total. The molecular weight excluding hydrogens is 401 g/mol. The summed E-state index contributed by atoms with van der Waals surface area (Å²) in [6, 6.07) is 10.5. The van der Waals surface area contributed by atoms with Crippen LogP contribution >= 0.6 is 11.6 Å². The van der Waals surface area contributed by atoms with Crippen LogP contribution in [0.1, 0.15) is 12.5 Å². The van der Waals surface area contributed by atoms with Gasteiger partial charge in [0.05, 0.1) is 11.0 Å². The number of halogens is 2. The number of piperazine rings is 1. The Labute approximate surface area is 172 Å². The summed E-state index contributed by atoms with van der Waals surface area (Å²) in [4.78, 5) is 26.9. The number of carbonyl (C=O) groups excluding carboxylic acids is 1. The standard InChI is InChI=1S/C20H21ClFN3O4/c1-14-11-23(12-15-2-4-16(22)5-3-15)8-9-24(14)20(26)13-29-17-6-7-18(21)19(10-17)25(27)28/h2-7,10,14H,8-9,11-13H2,1H3/t14-/m0/s1. The Morgan fingerprint density at radius 3 is 2.66 bits per heavy atom. The molecule has 0 N–H and O–H groups in total. The number of nitro groups is 1. The molecule has 1 aliphatic heterocycles. The van der Waals surface area contributed by atoms with Crippen molar-refractivity contribution in [2.75, 3.05) is 26.2 Å². The third-order valence-electron chi connectivity index (χ3n) is 4.83. The number of nitro benzene ring substituents is 1. The van der Waals surface area contributed by atoms with Crippen LogP contribution in [-0.2, 0) is 11.3 Å². The van der Waals surface area contributed by atoms with Gasteiger partial charge in [0.25, 0.3) is 11.6 Å². The molecule has 0 aromatic heterocycles. The Morgan fingerprint density at radius 2 is 2.00 bits per heavy atom.